The minimum absolute atomic E-state index is 0.102. The third-order valence-electron chi connectivity index (χ3n) is 4.70. The van der Waals surface area contributed by atoms with Crippen LogP contribution in [0.1, 0.15) is 39.0 Å². The van der Waals surface area contributed by atoms with Gasteiger partial charge in [0.1, 0.15) is 5.75 Å². The van der Waals surface area contributed by atoms with E-state index < -0.39 is 0 Å². The van der Waals surface area contributed by atoms with E-state index in [0.717, 1.165) is 37.8 Å². The molecule has 1 spiro atoms. The van der Waals surface area contributed by atoms with Crippen LogP contribution in [0.15, 0.2) is 35.6 Å². The van der Waals surface area contributed by atoms with Crippen molar-refractivity contribution in [3.05, 3.63) is 40.6 Å². The average Bonchev–Trinajstić information content (AvgIpc) is 2.79. The number of halogens is 1. The van der Waals surface area contributed by atoms with E-state index in [4.69, 9.17) is 16.3 Å². The van der Waals surface area contributed by atoms with Crippen LogP contribution in [0.2, 0.25) is 5.02 Å². The average molecular weight is 335 g/mol. The van der Waals surface area contributed by atoms with E-state index in [9.17, 15) is 4.79 Å². The molecule has 0 radical (unpaired) electrons. The van der Waals surface area contributed by atoms with Crippen LogP contribution in [0.4, 0.5) is 0 Å². The maximum Gasteiger partial charge on any atom is 0.287 e. The molecule has 2 N–H and O–H groups in total. The molecule has 5 heteroatoms. The Hall–Kier alpha value is -1.52. The lowest BCUT2D eigenvalue weighted by atomic mass is 9.77. The van der Waals surface area contributed by atoms with Crippen molar-refractivity contribution in [3.63, 3.8) is 0 Å². The van der Waals surface area contributed by atoms with Crippen molar-refractivity contribution in [1.29, 1.82) is 0 Å². The standard InChI is InChI=1S/C18H23ClN2O2/c1-2-20-12-15-16(23-14-8-6-13(19)7-9-14)17(22)21-18(15)10-4-3-5-11-18/h6-9,20H,2-5,10-12H2,1H3,(H,21,22). The third kappa shape index (κ3) is 3.38. The first kappa shape index (κ1) is 16.3. The van der Waals surface area contributed by atoms with Crippen molar-refractivity contribution in [2.24, 2.45) is 0 Å². The highest BCUT2D eigenvalue weighted by Gasteiger charge is 2.46. The van der Waals surface area contributed by atoms with Gasteiger partial charge in [0, 0.05) is 17.1 Å². The molecule has 0 unspecified atom stereocenters. The summed E-state index contributed by atoms with van der Waals surface area (Å²) in [5.41, 5.74) is 0.846. The molecule has 3 rings (SSSR count). The summed E-state index contributed by atoms with van der Waals surface area (Å²) in [6.07, 6.45) is 5.51. The fourth-order valence-electron chi connectivity index (χ4n) is 3.51. The second kappa shape index (κ2) is 6.93. The van der Waals surface area contributed by atoms with Gasteiger partial charge in [-0.3, -0.25) is 4.79 Å². The van der Waals surface area contributed by atoms with Gasteiger partial charge < -0.3 is 15.4 Å². The van der Waals surface area contributed by atoms with Crippen LogP contribution >= 0.6 is 11.6 Å². The number of nitrogens with one attached hydrogen (secondary N) is 2. The summed E-state index contributed by atoms with van der Waals surface area (Å²) in [6.45, 7) is 3.61. The first-order chi connectivity index (χ1) is 11.1. The van der Waals surface area contributed by atoms with Crippen LogP contribution in [-0.2, 0) is 4.79 Å². The van der Waals surface area contributed by atoms with Crippen molar-refractivity contribution in [1.82, 2.24) is 10.6 Å². The minimum Gasteiger partial charge on any atom is -0.451 e. The normalized spacial score (nSPS) is 20.0. The topological polar surface area (TPSA) is 50.4 Å². The molecule has 2 aliphatic rings. The molecule has 1 aromatic carbocycles. The highest BCUT2D eigenvalue weighted by Crippen LogP contribution is 2.40. The third-order valence-corrected chi connectivity index (χ3v) is 4.96. The zero-order valence-electron chi connectivity index (χ0n) is 13.5. The smallest absolute Gasteiger partial charge is 0.287 e. The Labute approximate surface area is 142 Å². The molecule has 1 saturated carbocycles. The quantitative estimate of drug-likeness (QED) is 0.867. The Balaban J connectivity index is 1.91. The summed E-state index contributed by atoms with van der Waals surface area (Å²) in [5.74, 6) is 0.992. The maximum absolute atomic E-state index is 12.5. The van der Waals surface area contributed by atoms with E-state index in [2.05, 4.69) is 17.6 Å². The molecule has 1 amide bonds. The second-order valence-electron chi connectivity index (χ2n) is 6.24. The van der Waals surface area contributed by atoms with Gasteiger partial charge >= 0.3 is 0 Å². The largest absolute Gasteiger partial charge is 0.451 e. The summed E-state index contributed by atoms with van der Waals surface area (Å²) >= 11 is 5.91. The molecule has 0 bridgehead atoms. The van der Waals surface area contributed by atoms with Gasteiger partial charge in [-0.1, -0.05) is 37.8 Å². The van der Waals surface area contributed by atoms with Crippen LogP contribution in [-0.4, -0.2) is 24.5 Å². The molecule has 124 valence electrons. The molecule has 1 heterocycles. The number of hydrogen-bond acceptors (Lipinski definition) is 3. The lowest BCUT2D eigenvalue weighted by Gasteiger charge is -2.36. The highest BCUT2D eigenvalue weighted by atomic mass is 35.5. The summed E-state index contributed by atoms with van der Waals surface area (Å²) in [6, 6.07) is 7.12. The Morgan fingerprint density at radius 3 is 2.57 bits per heavy atom. The number of benzene rings is 1. The first-order valence-corrected chi connectivity index (χ1v) is 8.73. The molecular formula is C18H23ClN2O2. The molecule has 0 saturated heterocycles. The van der Waals surface area contributed by atoms with Crippen LogP contribution in [0.3, 0.4) is 0 Å². The first-order valence-electron chi connectivity index (χ1n) is 8.35. The SMILES string of the molecule is CCNCC1=C(Oc2ccc(Cl)cc2)C(=O)NC12CCCCC2. The summed E-state index contributed by atoms with van der Waals surface area (Å²) in [5, 5.41) is 7.21. The molecule has 4 nitrogen and oxygen atoms in total. The van der Waals surface area contributed by atoms with Gasteiger partial charge in [0.25, 0.3) is 5.91 Å². The van der Waals surface area contributed by atoms with Crippen LogP contribution in [0.5, 0.6) is 5.75 Å². The van der Waals surface area contributed by atoms with E-state index in [1.807, 2.05) is 0 Å². The van der Waals surface area contributed by atoms with Crippen molar-refractivity contribution < 1.29 is 9.53 Å². The molecule has 1 aliphatic carbocycles. The van der Waals surface area contributed by atoms with E-state index >= 15 is 0 Å². The lowest BCUT2D eigenvalue weighted by Crippen LogP contribution is -2.47. The van der Waals surface area contributed by atoms with E-state index in [0.29, 0.717) is 23.1 Å². The monoisotopic (exact) mass is 334 g/mol. The van der Waals surface area contributed by atoms with Gasteiger partial charge in [-0.2, -0.15) is 0 Å². The van der Waals surface area contributed by atoms with Gasteiger partial charge in [-0.15, -0.1) is 0 Å². The number of carbonyl (C=O) groups excluding carboxylic acids is 1. The minimum atomic E-state index is -0.223. The van der Waals surface area contributed by atoms with Gasteiger partial charge in [0.15, 0.2) is 5.76 Å². The molecule has 0 atom stereocenters. The van der Waals surface area contributed by atoms with E-state index in [-0.39, 0.29) is 11.4 Å². The fourth-order valence-corrected chi connectivity index (χ4v) is 3.64. The second-order valence-corrected chi connectivity index (χ2v) is 6.68. The Morgan fingerprint density at radius 1 is 1.22 bits per heavy atom. The molecule has 1 aliphatic heterocycles. The Morgan fingerprint density at radius 2 is 1.91 bits per heavy atom. The van der Waals surface area contributed by atoms with Crippen LogP contribution in [0.25, 0.3) is 0 Å². The maximum atomic E-state index is 12.5. The van der Waals surface area contributed by atoms with Crippen molar-refractivity contribution in [2.45, 2.75) is 44.6 Å². The van der Waals surface area contributed by atoms with Crippen molar-refractivity contribution >= 4 is 17.5 Å². The number of likely N-dealkylation sites (N-methyl/N-ethyl adjacent to an activating group) is 1. The summed E-state index contributed by atoms with van der Waals surface area (Å²) in [7, 11) is 0. The number of rotatable bonds is 5. The number of hydrogen-bond donors (Lipinski definition) is 2. The molecule has 0 aromatic heterocycles. The lowest BCUT2D eigenvalue weighted by molar-refractivity contribution is -0.119. The fraction of sp³-hybridized carbons (Fsp3) is 0.500. The number of ether oxygens (including phenoxy) is 1. The van der Waals surface area contributed by atoms with E-state index in [1.54, 1.807) is 24.3 Å². The zero-order valence-corrected chi connectivity index (χ0v) is 14.2. The van der Waals surface area contributed by atoms with Gasteiger partial charge in [0.05, 0.1) is 5.54 Å². The van der Waals surface area contributed by atoms with Crippen molar-refractivity contribution in [3.8, 4) is 5.75 Å². The Bertz CT molecular complexity index is 604. The van der Waals surface area contributed by atoms with Crippen LogP contribution < -0.4 is 15.4 Å². The Kier molecular flexibility index (Phi) is 4.93. The van der Waals surface area contributed by atoms with Gasteiger partial charge in [0.2, 0.25) is 0 Å². The summed E-state index contributed by atoms with van der Waals surface area (Å²) in [4.78, 5) is 12.5. The number of amides is 1. The predicted octanol–water partition coefficient (Wildman–Crippen LogP) is 3.42. The molecule has 1 aromatic rings. The predicted molar refractivity (Wildman–Crippen MR) is 91.6 cm³/mol. The molecule has 1 fully saturated rings. The zero-order chi connectivity index (χ0) is 16.3. The van der Waals surface area contributed by atoms with E-state index in [1.165, 1.54) is 6.42 Å². The van der Waals surface area contributed by atoms with Crippen LogP contribution in [0, 0.1) is 0 Å². The van der Waals surface area contributed by atoms with Gasteiger partial charge in [-0.25, -0.2) is 0 Å². The molecule has 23 heavy (non-hydrogen) atoms. The van der Waals surface area contributed by atoms with Gasteiger partial charge in [-0.05, 0) is 43.7 Å². The van der Waals surface area contributed by atoms with Crippen molar-refractivity contribution in [2.75, 3.05) is 13.1 Å². The number of carbonyl (C=O) groups is 1. The highest BCUT2D eigenvalue weighted by molar-refractivity contribution is 6.30. The summed E-state index contributed by atoms with van der Waals surface area (Å²) < 4.78 is 5.95. The molecular weight excluding hydrogens is 312 g/mol.